The minimum absolute atomic E-state index is 0.0182. The number of alkyl halides is 3. The van der Waals surface area contributed by atoms with Gasteiger partial charge in [0.2, 0.25) is 5.91 Å². The van der Waals surface area contributed by atoms with Crippen LogP contribution in [0.3, 0.4) is 0 Å². The first-order chi connectivity index (χ1) is 11.8. The molecule has 2 N–H and O–H groups in total. The van der Waals surface area contributed by atoms with Gasteiger partial charge in [-0.15, -0.1) is 5.10 Å². The lowest BCUT2D eigenvalue weighted by Gasteiger charge is -2.33. The molecule has 2 aromatic rings. The third kappa shape index (κ3) is 3.12. The molecule has 10 heteroatoms. The van der Waals surface area contributed by atoms with Crippen LogP contribution in [0.4, 0.5) is 19.0 Å². The van der Waals surface area contributed by atoms with Gasteiger partial charge in [0, 0.05) is 24.2 Å². The second-order valence-corrected chi connectivity index (χ2v) is 6.65. The van der Waals surface area contributed by atoms with Crippen molar-refractivity contribution in [1.82, 2.24) is 24.9 Å². The van der Waals surface area contributed by atoms with Gasteiger partial charge in [-0.05, 0) is 32.1 Å². The number of hydrogen-bond donors (Lipinski definition) is 2. The summed E-state index contributed by atoms with van der Waals surface area (Å²) < 4.78 is 39.8. The smallest absolute Gasteiger partial charge is 0.365 e. The fraction of sp³-hybridized carbons (Fsp3) is 0.600. The van der Waals surface area contributed by atoms with Crippen molar-refractivity contribution in [2.45, 2.75) is 50.9 Å². The number of aryl methyl sites for hydroxylation is 1. The molecule has 2 aliphatic rings. The molecule has 134 valence electrons. The van der Waals surface area contributed by atoms with E-state index in [0.29, 0.717) is 30.3 Å². The fourth-order valence-corrected chi connectivity index (χ4v) is 3.29. The van der Waals surface area contributed by atoms with Gasteiger partial charge in [-0.2, -0.15) is 22.7 Å². The van der Waals surface area contributed by atoms with Crippen molar-refractivity contribution in [3.8, 4) is 0 Å². The van der Waals surface area contributed by atoms with Gasteiger partial charge in [-0.25, -0.2) is 4.98 Å². The summed E-state index contributed by atoms with van der Waals surface area (Å²) in [5.74, 6) is -0.480. The van der Waals surface area contributed by atoms with Crippen LogP contribution in [-0.2, 0) is 11.0 Å². The summed E-state index contributed by atoms with van der Waals surface area (Å²) >= 11 is 0. The maximum Gasteiger partial charge on any atom is 0.453 e. The van der Waals surface area contributed by atoms with Gasteiger partial charge in [0.1, 0.15) is 5.82 Å². The maximum absolute atomic E-state index is 12.9. The van der Waals surface area contributed by atoms with Gasteiger partial charge in [0.05, 0.1) is 6.04 Å². The maximum atomic E-state index is 12.9. The SMILES string of the molecule is Cc1cc(NC2CCC(=O)NC2C2CC2)n2nc(C(F)(F)F)nc2n1. The molecular weight excluding hydrogens is 337 g/mol. The molecule has 0 bridgehead atoms. The van der Waals surface area contributed by atoms with E-state index >= 15 is 0 Å². The Hall–Kier alpha value is -2.39. The molecule has 2 aromatic heterocycles. The van der Waals surface area contributed by atoms with Crippen molar-refractivity contribution in [2.24, 2.45) is 5.92 Å². The molecule has 7 nitrogen and oxygen atoms in total. The Balaban J connectivity index is 1.68. The Morgan fingerprint density at radius 3 is 2.72 bits per heavy atom. The van der Waals surface area contributed by atoms with E-state index in [9.17, 15) is 18.0 Å². The minimum Gasteiger partial charge on any atom is -0.365 e. The number of nitrogens with one attached hydrogen (secondary N) is 2. The lowest BCUT2D eigenvalue weighted by atomic mass is 9.94. The van der Waals surface area contributed by atoms with E-state index in [1.807, 2.05) is 0 Å². The summed E-state index contributed by atoms with van der Waals surface area (Å²) in [6, 6.07) is 1.56. The number of nitrogens with zero attached hydrogens (tertiary/aromatic N) is 4. The van der Waals surface area contributed by atoms with E-state index < -0.39 is 12.0 Å². The number of carbonyl (C=O) groups is 1. The Morgan fingerprint density at radius 1 is 1.28 bits per heavy atom. The molecule has 0 spiro atoms. The lowest BCUT2D eigenvalue weighted by molar-refractivity contribution is -0.144. The second-order valence-electron chi connectivity index (χ2n) is 6.65. The van der Waals surface area contributed by atoms with E-state index in [4.69, 9.17) is 0 Å². The number of anilines is 1. The van der Waals surface area contributed by atoms with E-state index in [1.165, 1.54) is 0 Å². The van der Waals surface area contributed by atoms with E-state index in [1.54, 1.807) is 13.0 Å². The average molecular weight is 354 g/mol. The monoisotopic (exact) mass is 354 g/mol. The van der Waals surface area contributed by atoms with E-state index in [2.05, 4.69) is 25.7 Å². The number of rotatable bonds is 3. The molecule has 1 saturated carbocycles. The molecule has 2 fully saturated rings. The van der Waals surface area contributed by atoms with Crippen LogP contribution in [0.5, 0.6) is 0 Å². The van der Waals surface area contributed by atoms with Gasteiger partial charge in [0.25, 0.3) is 11.6 Å². The molecule has 1 aliphatic heterocycles. The molecule has 4 rings (SSSR count). The van der Waals surface area contributed by atoms with Gasteiger partial charge >= 0.3 is 6.18 Å². The van der Waals surface area contributed by atoms with Crippen LogP contribution in [0.2, 0.25) is 0 Å². The topological polar surface area (TPSA) is 84.2 Å². The summed E-state index contributed by atoms with van der Waals surface area (Å²) in [5.41, 5.74) is 0.541. The van der Waals surface area contributed by atoms with Crippen molar-refractivity contribution in [2.75, 3.05) is 5.32 Å². The molecule has 25 heavy (non-hydrogen) atoms. The second kappa shape index (κ2) is 5.57. The molecule has 2 atom stereocenters. The van der Waals surface area contributed by atoms with E-state index in [-0.39, 0.29) is 23.8 Å². The van der Waals surface area contributed by atoms with Crippen molar-refractivity contribution in [3.63, 3.8) is 0 Å². The number of hydrogen-bond acceptors (Lipinski definition) is 5. The molecule has 1 amide bonds. The number of piperidine rings is 1. The van der Waals surface area contributed by atoms with Crippen LogP contribution in [0.1, 0.15) is 37.2 Å². The quantitative estimate of drug-likeness (QED) is 0.880. The fourth-order valence-electron chi connectivity index (χ4n) is 3.29. The average Bonchev–Trinajstić information content (AvgIpc) is 3.26. The Bertz CT molecular complexity index is 829. The number of carbonyl (C=O) groups excluding carboxylic acids is 1. The van der Waals surface area contributed by atoms with Crippen molar-refractivity contribution < 1.29 is 18.0 Å². The van der Waals surface area contributed by atoms with E-state index in [0.717, 1.165) is 17.4 Å². The molecule has 0 radical (unpaired) electrons. The zero-order valence-corrected chi connectivity index (χ0v) is 13.5. The van der Waals surface area contributed by atoms with Gasteiger partial charge in [0.15, 0.2) is 0 Å². The first-order valence-electron chi connectivity index (χ1n) is 8.19. The molecule has 2 unspecified atom stereocenters. The summed E-state index contributed by atoms with van der Waals surface area (Å²) in [6.45, 7) is 1.69. The lowest BCUT2D eigenvalue weighted by Crippen LogP contribution is -2.52. The predicted octanol–water partition coefficient (Wildman–Crippen LogP) is 1.92. The van der Waals surface area contributed by atoms with Gasteiger partial charge < -0.3 is 10.6 Å². The van der Waals surface area contributed by atoms with Crippen LogP contribution < -0.4 is 10.6 Å². The Morgan fingerprint density at radius 2 is 2.04 bits per heavy atom. The number of halogens is 3. The van der Waals surface area contributed by atoms with Crippen LogP contribution in [-0.4, -0.2) is 37.6 Å². The van der Waals surface area contributed by atoms with Crippen LogP contribution in [0.15, 0.2) is 6.07 Å². The van der Waals surface area contributed by atoms with Gasteiger partial charge in [-0.3, -0.25) is 4.79 Å². The molecule has 0 aromatic carbocycles. The first-order valence-corrected chi connectivity index (χ1v) is 8.19. The van der Waals surface area contributed by atoms with Crippen molar-refractivity contribution >= 4 is 17.5 Å². The highest BCUT2D eigenvalue weighted by Gasteiger charge is 2.41. The third-order valence-electron chi connectivity index (χ3n) is 4.60. The minimum atomic E-state index is -4.63. The molecule has 1 saturated heterocycles. The molecule has 1 aliphatic carbocycles. The summed E-state index contributed by atoms with van der Waals surface area (Å²) in [5, 5.41) is 9.82. The standard InChI is InChI=1S/C15H17F3N6O/c1-7-6-10(24-14(19-7)22-13(23-24)15(16,17)18)20-9-4-5-11(25)21-12(9)8-2-3-8/h6,8-9,12,20H,2-5H2,1H3,(H,21,25). The summed E-state index contributed by atoms with van der Waals surface area (Å²) in [6.07, 6.45) is -1.52. The zero-order valence-electron chi connectivity index (χ0n) is 13.5. The largest absolute Gasteiger partial charge is 0.453 e. The molecule has 3 heterocycles. The third-order valence-corrected chi connectivity index (χ3v) is 4.60. The van der Waals surface area contributed by atoms with Crippen molar-refractivity contribution in [1.29, 1.82) is 0 Å². The number of fused-ring (bicyclic) bond motifs is 1. The summed E-state index contributed by atoms with van der Waals surface area (Å²) in [7, 11) is 0. The highest BCUT2D eigenvalue weighted by Crippen LogP contribution is 2.37. The van der Waals surface area contributed by atoms with Crippen molar-refractivity contribution in [3.05, 3.63) is 17.6 Å². The van der Waals surface area contributed by atoms with Crippen LogP contribution in [0.25, 0.3) is 5.78 Å². The predicted molar refractivity (Wildman–Crippen MR) is 81.8 cm³/mol. The number of aromatic nitrogens is 4. The van der Waals surface area contributed by atoms with Crippen LogP contribution in [0, 0.1) is 12.8 Å². The summed E-state index contributed by atoms with van der Waals surface area (Å²) in [4.78, 5) is 19.2. The highest BCUT2D eigenvalue weighted by atomic mass is 19.4. The first kappa shape index (κ1) is 16.1. The normalized spacial score (nSPS) is 24.4. The number of amides is 1. The zero-order chi connectivity index (χ0) is 17.8. The molecular formula is C15H17F3N6O. The Labute approximate surface area is 141 Å². The van der Waals surface area contributed by atoms with Crippen LogP contribution >= 0.6 is 0 Å². The van der Waals surface area contributed by atoms with Gasteiger partial charge in [-0.1, -0.05) is 0 Å². The Kier molecular flexibility index (Phi) is 3.58. The highest BCUT2D eigenvalue weighted by molar-refractivity contribution is 5.77.